The van der Waals surface area contributed by atoms with Gasteiger partial charge in [0.15, 0.2) is 11.6 Å². The standard InChI is InChI=1S/C24H30F3N3O6/c1-4-34-23(32)17(11-28-14-6-7-14)22(31)16-10-18(25)21(20(27)19(16)26)30-8-9-36-15(13-30)12-29(3)24(33)35-5-2/h10-11,14-15,28H,4-9,12-13H2,1-3H3. The first kappa shape index (κ1) is 27.3. The Labute approximate surface area is 207 Å². The fraction of sp³-hybridized carbons (Fsp3) is 0.542. The molecular weight excluding hydrogens is 483 g/mol. The summed E-state index contributed by atoms with van der Waals surface area (Å²) in [4.78, 5) is 39.6. The lowest BCUT2D eigenvalue weighted by Crippen LogP contribution is -2.48. The van der Waals surface area contributed by atoms with Gasteiger partial charge in [-0.25, -0.2) is 22.8 Å². The summed E-state index contributed by atoms with van der Waals surface area (Å²) in [6, 6.07) is 0.648. The van der Waals surface area contributed by atoms with Crippen LogP contribution in [0.5, 0.6) is 0 Å². The quantitative estimate of drug-likeness (QED) is 0.127. The monoisotopic (exact) mass is 513 g/mol. The Balaban J connectivity index is 1.83. The van der Waals surface area contributed by atoms with Gasteiger partial charge in [-0.2, -0.15) is 0 Å². The van der Waals surface area contributed by atoms with Gasteiger partial charge in [0.1, 0.15) is 17.1 Å². The summed E-state index contributed by atoms with van der Waals surface area (Å²) in [6.45, 7) is 3.51. The largest absolute Gasteiger partial charge is 0.462 e. The van der Waals surface area contributed by atoms with Crippen LogP contribution in [0.2, 0.25) is 0 Å². The second-order valence-electron chi connectivity index (χ2n) is 8.45. The van der Waals surface area contributed by atoms with E-state index in [1.807, 2.05) is 0 Å². The number of anilines is 1. The number of carbonyl (C=O) groups is 3. The van der Waals surface area contributed by atoms with Gasteiger partial charge in [0.25, 0.3) is 0 Å². The van der Waals surface area contributed by atoms with E-state index in [9.17, 15) is 14.4 Å². The Morgan fingerprint density at radius 2 is 1.86 bits per heavy atom. The number of ether oxygens (including phenoxy) is 3. The minimum atomic E-state index is -1.58. The molecule has 2 aliphatic rings. The molecule has 2 fully saturated rings. The fourth-order valence-electron chi connectivity index (χ4n) is 3.71. The van der Waals surface area contributed by atoms with Crippen molar-refractivity contribution >= 4 is 23.5 Å². The minimum Gasteiger partial charge on any atom is -0.462 e. The summed E-state index contributed by atoms with van der Waals surface area (Å²) >= 11 is 0. The van der Waals surface area contributed by atoms with E-state index in [0.717, 1.165) is 19.0 Å². The van der Waals surface area contributed by atoms with Crippen molar-refractivity contribution in [3.05, 3.63) is 40.9 Å². The first-order chi connectivity index (χ1) is 17.2. The zero-order chi connectivity index (χ0) is 26.4. The molecule has 0 spiro atoms. The van der Waals surface area contributed by atoms with E-state index < -0.39 is 58.2 Å². The molecule has 1 saturated heterocycles. The van der Waals surface area contributed by atoms with Crippen LogP contribution in [0.4, 0.5) is 23.7 Å². The summed E-state index contributed by atoms with van der Waals surface area (Å²) in [6.07, 6.45) is 1.58. The van der Waals surface area contributed by atoms with E-state index in [4.69, 9.17) is 14.2 Å². The minimum absolute atomic E-state index is 0.0381. The van der Waals surface area contributed by atoms with Crippen LogP contribution < -0.4 is 10.2 Å². The van der Waals surface area contributed by atoms with Crippen LogP contribution in [0.25, 0.3) is 0 Å². The third-order valence-corrected chi connectivity index (χ3v) is 5.67. The van der Waals surface area contributed by atoms with Crippen molar-refractivity contribution in [2.45, 2.75) is 38.8 Å². The van der Waals surface area contributed by atoms with Gasteiger partial charge in [0.05, 0.1) is 38.0 Å². The molecule has 1 aliphatic carbocycles. The van der Waals surface area contributed by atoms with Crippen molar-refractivity contribution in [1.82, 2.24) is 10.2 Å². The SMILES string of the molecule is CCOC(=O)C(=CNC1CC1)C(=O)c1cc(F)c(N2CCOC(CN(C)C(=O)OCC)C2)c(F)c1F. The van der Waals surface area contributed by atoms with Crippen molar-refractivity contribution in [2.24, 2.45) is 0 Å². The predicted octanol–water partition coefficient (Wildman–Crippen LogP) is 2.78. The van der Waals surface area contributed by atoms with Crippen LogP contribution in [0, 0.1) is 17.5 Å². The summed E-state index contributed by atoms with van der Waals surface area (Å²) in [5.74, 6) is -6.53. The molecule has 0 aromatic heterocycles. The average molecular weight is 514 g/mol. The number of nitrogens with one attached hydrogen (secondary N) is 1. The van der Waals surface area contributed by atoms with E-state index in [1.54, 1.807) is 6.92 Å². The maximum atomic E-state index is 15.1. The van der Waals surface area contributed by atoms with Crippen molar-refractivity contribution < 1.29 is 41.8 Å². The van der Waals surface area contributed by atoms with Gasteiger partial charge in [-0.1, -0.05) is 0 Å². The Morgan fingerprint density at radius 3 is 2.50 bits per heavy atom. The van der Waals surface area contributed by atoms with Crippen LogP contribution in [-0.2, 0) is 19.0 Å². The smallest absolute Gasteiger partial charge is 0.409 e. The highest BCUT2D eigenvalue weighted by Gasteiger charge is 2.33. The Hall–Kier alpha value is -3.28. The number of hydrogen-bond donors (Lipinski definition) is 1. The second-order valence-corrected chi connectivity index (χ2v) is 8.45. The number of morpholine rings is 1. The third-order valence-electron chi connectivity index (χ3n) is 5.67. The Kier molecular flexibility index (Phi) is 9.19. The van der Waals surface area contributed by atoms with Gasteiger partial charge in [-0.05, 0) is 32.8 Å². The lowest BCUT2D eigenvalue weighted by molar-refractivity contribution is -0.138. The van der Waals surface area contributed by atoms with Crippen LogP contribution in [-0.4, -0.2) is 81.4 Å². The molecule has 36 heavy (non-hydrogen) atoms. The van der Waals surface area contributed by atoms with Crippen LogP contribution in [0.3, 0.4) is 0 Å². The highest BCUT2D eigenvalue weighted by atomic mass is 19.2. The lowest BCUT2D eigenvalue weighted by atomic mass is 10.0. The normalized spacial score (nSPS) is 18.0. The summed E-state index contributed by atoms with van der Waals surface area (Å²) in [7, 11) is 1.49. The number of likely N-dealkylation sites (N-methyl/N-ethyl adjacent to an activating group) is 1. The maximum absolute atomic E-state index is 15.1. The molecule has 1 unspecified atom stereocenters. The number of halogens is 3. The fourth-order valence-corrected chi connectivity index (χ4v) is 3.71. The van der Waals surface area contributed by atoms with Gasteiger partial charge in [-0.15, -0.1) is 0 Å². The molecule has 12 heteroatoms. The molecule has 1 aromatic rings. The number of carbonyl (C=O) groups excluding carboxylic acids is 3. The molecule has 1 aliphatic heterocycles. The van der Waals surface area contributed by atoms with Crippen LogP contribution >= 0.6 is 0 Å². The zero-order valence-electron chi connectivity index (χ0n) is 20.4. The van der Waals surface area contributed by atoms with Gasteiger partial charge in [-0.3, -0.25) is 4.79 Å². The number of benzene rings is 1. The van der Waals surface area contributed by atoms with E-state index in [2.05, 4.69) is 5.32 Å². The molecular formula is C24H30F3N3O6. The number of nitrogens with zero attached hydrogens (tertiary/aromatic N) is 2. The van der Waals surface area contributed by atoms with Crippen LogP contribution in [0.15, 0.2) is 17.8 Å². The maximum Gasteiger partial charge on any atom is 0.409 e. The number of esters is 1. The lowest BCUT2D eigenvalue weighted by Gasteiger charge is -2.36. The number of rotatable bonds is 10. The highest BCUT2D eigenvalue weighted by molar-refractivity contribution is 6.24. The van der Waals surface area contributed by atoms with Gasteiger partial charge < -0.3 is 29.3 Å². The van der Waals surface area contributed by atoms with Gasteiger partial charge in [0.2, 0.25) is 5.78 Å². The molecule has 0 radical (unpaired) electrons. The average Bonchev–Trinajstić information content (AvgIpc) is 3.66. The van der Waals surface area contributed by atoms with E-state index in [0.29, 0.717) is 6.07 Å². The van der Waals surface area contributed by atoms with Crippen molar-refractivity contribution in [2.75, 3.05) is 51.4 Å². The van der Waals surface area contributed by atoms with Crippen molar-refractivity contribution in [3.63, 3.8) is 0 Å². The zero-order valence-corrected chi connectivity index (χ0v) is 20.4. The molecule has 1 aromatic carbocycles. The molecule has 3 rings (SSSR count). The molecule has 1 heterocycles. The molecule has 1 saturated carbocycles. The first-order valence-corrected chi connectivity index (χ1v) is 11.8. The predicted molar refractivity (Wildman–Crippen MR) is 123 cm³/mol. The van der Waals surface area contributed by atoms with E-state index in [-0.39, 0.29) is 45.5 Å². The number of amides is 1. The molecule has 198 valence electrons. The first-order valence-electron chi connectivity index (χ1n) is 11.8. The summed E-state index contributed by atoms with van der Waals surface area (Å²) < 4.78 is 60.7. The van der Waals surface area contributed by atoms with Crippen molar-refractivity contribution in [3.8, 4) is 0 Å². The number of Topliss-reactive ketones (excluding diaryl/α,β-unsaturated/α-hetero) is 1. The molecule has 0 bridgehead atoms. The van der Waals surface area contributed by atoms with E-state index in [1.165, 1.54) is 23.8 Å². The van der Waals surface area contributed by atoms with Gasteiger partial charge >= 0.3 is 12.1 Å². The summed E-state index contributed by atoms with van der Waals surface area (Å²) in [5.41, 5.74) is -2.13. The third kappa shape index (κ3) is 6.48. The molecule has 1 amide bonds. The Morgan fingerprint density at radius 1 is 1.17 bits per heavy atom. The molecule has 9 nitrogen and oxygen atoms in total. The molecule has 1 atom stereocenters. The van der Waals surface area contributed by atoms with E-state index >= 15 is 13.2 Å². The topological polar surface area (TPSA) is 97.4 Å². The number of ketones is 1. The number of hydrogen-bond acceptors (Lipinski definition) is 8. The van der Waals surface area contributed by atoms with Crippen LogP contribution in [0.1, 0.15) is 37.0 Å². The van der Waals surface area contributed by atoms with Gasteiger partial charge in [0, 0.05) is 32.4 Å². The summed E-state index contributed by atoms with van der Waals surface area (Å²) in [5, 5.41) is 2.84. The Bertz CT molecular complexity index is 1030. The second kappa shape index (κ2) is 12.1. The van der Waals surface area contributed by atoms with Crippen molar-refractivity contribution in [1.29, 1.82) is 0 Å². The molecule has 1 N–H and O–H groups in total. The highest BCUT2D eigenvalue weighted by Crippen LogP contribution is 2.31.